The zero-order valence-electron chi connectivity index (χ0n) is 14.3. The fourth-order valence-corrected chi connectivity index (χ4v) is 3.83. The number of hydrogen-bond donors (Lipinski definition) is 2. The first-order valence-corrected chi connectivity index (χ1v) is 9.00. The quantitative estimate of drug-likeness (QED) is 0.803. The maximum atomic E-state index is 12.1. The van der Waals surface area contributed by atoms with Gasteiger partial charge in [0.2, 0.25) is 5.91 Å². The molecule has 7 heteroatoms. The molecule has 6 nitrogen and oxygen atoms in total. The lowest BCUT2D eigenvalue weighted by atomic mass is 10.0. The molecule has 25 heavy (non-hydrogen) atoms. The van der Waals surface area contributed by atoms with E-state index in [1.807, 2.05) is 31.2 Å². The lowest BCUT2D eigenvalue weighted by molar-refractivity contribution is -0.141. The Bertz CT molecular complexity index is 686. The number of nitrogens with zero attached hydrogens (tertiary/aromatic N) is 2. The monoisotopic (exact) mass is 361 g/mol. The van der Waals surface area contributed by atoms with Crippen LogP contribution in [0.25, 0.3) is 0 Å². The van der Waals surface area contributed by atoms with Gasteiger partial charge in [0.1, 0.15) is 0 Å². The predicted molar refractivity (Wildman–Crippen MR) is 99.5 cm³/mol. The first-order valence-electron chi connectivity index (χ1n) is 8.59. The van der Waals surface area contributed by atoms with Gasteiger partial charge in [-0.25, -0.2) is 0 Å². The molecule has 2 fully saturated rings. The number of carboxylic acid groups (broad SMARTS) is 1. The lowest BCUT2D eigenvalue weighted by Gasteiger charge is -2.38. The van der Waals surface area contributed by atoms with Crippen LogP contribution >= 0.6 is 12.2 Å². The Morgan fingerprint density at radius 1 is 1.28 bits per heavy atom. The average Bonchev–Trinajstić information content (AvgIpc) is 2.99. The second-order valence-corrected chi connectivity index (χ2v) is 7.14. The van der Waals surface area contributed by atoms with Gasteiger partial charge in [-0.2, -0.15) is 0 Å². The van der Waals surface area contributed by atoms with Crippen molar-refractivity contribution in [3.63, 3.8) is 0 Å². The number of likely N-dealkylation sites (tertiary alicyclic amines) is 2. The number of anilines is 1. The molecular weight excluding hydrogens is 338 g/mol. The molecule has 0 spiro atoms. The number of para-hydroxylation sites is 1. The molecule has 0 saturated carbocycles. The van der Waals surface area contributed by atoms with Gasteiger partial charge in [0.15, 0.2) is 5.11 Å². The molecule has 3 rings (SSSR count). The fraction of sp³-hybridized carbons (Fsp3) is 0.500. The highest BCUT2D eigenvalue weighted by Gasteiger charge is 2.39. The maximum absolute atomic E-state index is 12.1. The second-order valence-electron chi connectivity index (χ2n) is 6.75. The van der Waals surface area contributed by atoms with Crippen molar-refractivity contribution in [3.8, 4) is 0 Å². The van der Waals surface area contributed by atoms with Crippen molar-refractivity contribution in [2.24, 2.45) is 5.92 Å². The van der Waals surface area contributed by atoms with E-state index in [1.54, 1.807) is 4.90 Å². The van der Waals surface area contributed by atoms with Crippen LogP contribution in [0.1, 0.15) is 24.8 Å². The highest BCUT2D eigenvalue weighted by Crippen LogP contribution is 2.26. The molecule has 1 aromatic carbocycles. The zero-order valence-corrected chi connectivity index (χ0v) is 15.1. The summed E-state index contributed by atoms with van der Waals surface area (Å²) in [6.07, 6.45) is 1.75. The Kier molecular flexibility index (Phi) is 5.22. The highest BCUT2D eigenvalue weighted by molar-refractivity contribution is 7.80. The lowest BCUT2D eigenvalue weighted by Crippen LogP contribution is -2.48. The summed E-state index contributed by atoms with van der Waals surface area (Å²) < 4.78 is 0. The van der Waals surface area contributed by atoms with Gasteiger partial charge >= 0.3 is 5.97 Å². The standard InChI is InChI=1S/C18H23N3O3S/c1-12-4-2-3-5-15(12)19-18(25)20-8-6-14(7-9-20)21-11-13(17(23)24)10-16(21)22/h2-5,13-14H,6-11H2,1H3,(H,19,25)(H,23,24). The van der Waals surface area contributed by atoms with Gasteiger partial charge in [-0.15, -0.1) is 0 Å². The Labute approximate surface area is 152 Å². The van der Waals surface area contributed by atoms with Crippen LogP contribution in [0.5, 0.6) is 0 Å². The topological polar surface area (TPSA) is 72.9 Å². The van der Waals surface area contributed by atoms with Crippen LogP contribution < -0.4 is 5.32 Å². The number of nitrogens with one attached hydrogen (secondary N) is 1. The van der Waals surface area contributed by atoms with E-state index in [2.05, 4.69) is 10.2 Å². The van der Waals surface area contributed by atoms with Crippen LogP contribution in [0, 0.1) is 12.8 Å². The van der Waals surface area contributed by atoms with Gasteiger partial charge in [0.25, 0.3) is 0 Å². The minimum atomic E-state index is -0.878. The summed E-state index contributed by atoms with van der Waals surface area (Å²) in [5.74, 6) is -1.47. The predicted octanol–water partition coefficient (Wildman–Crippen LogP) is 2.09. The van der Waals surface area contributed by atoms with Crippen molar-refractivity contribution in [1.82, 2.24) is 9.80 Å². The van der Waals surface area contributed by atoms with E-state index in [4.69, 9.17) is 17.3 Å². The summed E-state index contributed by atoms with van der Waals surface area (Å²) in [5, 5.41) is 13.1. The summed E-state index contributed by atoms with van der Waals surface area (Å²) in [7, 11) is 0. The number of thiocarbonyl (C=S) groups is 1. The first kappa shape index (κ1) is 17.7. The molecule has 2 aliphatic rings. The zero-order chi connectivity index (χ0) is 18.0. The largest absolute Gasteiger partial charge is 0.481 e. The maximum Gasteiger partial charge on any atom is 0.308 e. The molecule has 1 amide bonds. The van der Waals surface area contributed by atoms with Gasteiger partial charge in [-0.3, -0.25) is 9.59 Å². The number of benzene rings is 1. The molecule has 2 saturated heterocycles. The average molecular weight is 361 g/mol. The van der Waals surface area contributed by atoms with E-state index < -0.39 is 11.9 Å². The molecule has 1 aromatic rings. The van der Waals surface area contributed by atoms with Gasteiger partial charge in [0.05, 0.1) is 5.92 Å². The van der Waals surface area contributed by atoms with Crippen molar-refractivity contribution >= 4 is 34.9 Å². The molecule has 1 atom stereocenters. The number of piperidine rings is 1. The van der Waals surface area contributed by atoms with Crippen molar-refractivity contribution in [2.75, 3.05) is 25.0 Å². The number of hydrogen-bond acceptors (Lipinski definition) is 3. The minimum Gasteiger partial charge on any atom is -0.481 e. The molecule has 2 N–H and O–H groups in total. The molecule has 134 valence electrons. The third-order valence-corrected chi connectivity index (χ3v) is 5.45. The molecule has 1 unspecified atom stereocenters. The molecule has 2 aliphatic heterocycles. The van der Waals surface area contributed by atoms with Crippen LogP contribution in [0.2, 0.25) is 0 Å². The van der Waals surface area contributed by atoms with E-state index in [-0.39, 0.29) is 18.4 Å². The number of amides is 1. The number of rotatable bonds is 3. The Hall–Kier alpha value is -2.15. The smallest absolute Gasteiger partial charge is 0.308 e. The summed E-state index contributed by atoms with van der Waals surface area (Å²) in [6, 6.07) is 8.13. The van der Waals surface area contributed by atoms with Crippen molar-refractivity contribution in [3.05, 3.63) is 29.8 Å². The Morgan fingerprint density at radius 2 is 1.96 bits per heavy atom. The van der Waals surface area contributed by atoms with E-state index in [9.17, 15) is 9.59 Å². The van der Waals surface area contributed by atoms with Crippen LogP contribution in [0.15, 0.2) is 24.3 Å². The second kappa shape index (κ2) is 7.39. The SMILES string of the molecule is Cc1ccccc1NC(=S)N1CCC(N2CC(C(=O)O)CC2=O)CC1. The molecule has 0 aliphatic carbocycles. The Balaban J connectivity index is 1.53. The van der Waals surface area contributed by atoms with Gasteiger partial charge in [-0.05, 0) is 43.6 Å². The van der Waals surface area contributed by atoms with Crippen LogP contribution in [-0.4, -0.2) is 57.6 Å². The van der Waals surface area contributed by atoms with E-state index in [0.29, 0.717) is 11.7 Å². The number of aliphatic carboxylic acids is 1. The molecule has 0 aromatic heterocycles. The van der Waals surface area contributed by atoms with Gasteiger partial charge in [0, 0.05) is 37.8 Å². The summed E-state index contributed by atoms with van der Waals surface area (Å²) in [6.45, 7) is 3.91. The highest BCUT2D eigenvalue weighted by atomic mass is 32.1. The third kappa shape index (κ3) is 3.92. The molecule has 2 heterocycles. The van der Waals surface area contributed by atoms with Gasteiger partial charge in [-0.1, -0.05) is 18.2 Å². The number of aryl methyl sites for hydroxylation is 1. The minimum absolute atomic E-state index is 0.0357. The van der Waals surface area contributed by atoms with Crippen molar-refractivity contribution in [1.29, 1.82) is 0 Å². The number of carboxylic acids is 1. The van der Waals surface area contributed by atoms with Gasteiger partial charge < -0.3 is 20.2 Å². The molecule has 0 radical (unpaired) electrons. The summed E-state index contributed by atoms with van der Waals surface area (Å²) >= 11 is 5.52. The van der Waals surface area contributed by atoms with E-state index in [1.165, 1.54) is 0 Å². The fourth-order valence-electron chi connectivity index (χ4n) is 3.54. The molecular formula is C18H23N3O3S. The van der Waals surface area contributed by atoms with Crippen LogP contribution in [0.3, 0.4) is 0 Å². The Morgan fingerprint density at radius 3 is 2.56 bits per heavy atom. The van der Waals surface area contributed by atoms with Crippen molar-refractivity contribution < 1.29 is 14.7 Å². The van der Waals surface area contributed by atoms with Crippen LogP contribution in [-0.2, 0) is 9.59 Å². The third-order valence-electron chi connectivity index (χ3n) is 5.09. The first-order chi connectivity index (χ1) is 12.0. The van der Waals surface area contributed by atoms with E-state index >= 15 is 0 Å². The van der Waals surface area contributed by atoms with Crippen LogP contribution in [0.4, 0.5) is 5.69 Å². The normalized spacial score (nSPS) is 21.5. The summed E-state index contributed by atoms with van der Waals surface area (Å²) in [5.41, 5.74) is 2.15. The van der Waals surface area contributed by atoms with Crippen molar-refractivity contribution in [2.45, 2.75) is 32.2 Å². The van der Waals surface area contributed by atoms with E-state index in [0.717, 1.165) is 37.2 Å². The number of carbonyl (C=O) groups excluding carboxylic acids is 1. The molecule has 0 bridgehead atoms. The number of carbonyl (C=O) groups is 2. The summed E-state index contributed by atoms with van der Waals surface area (Å²) in [4.78, 5) is 27.1.